The minimum absolute atomic E-state index is 0.121. The number of rotatable bonds is 5. The van der Waals surface area contributed by atoms with E-state index in [2.05, 4.69) is 17.5 Å². The van der Waals surface area contributed by atoms with Gasteiger partial charge in [-0.1, -0.05) is 24.3 Å². The molecule has 0 aliphatic heterocycles. The molecule has 1 heterocycles. The van der Waals surface area contributed by atoms with Gasteiger partial charge in [0.2, 0.25) is 0 Å². The number of thiophene rings is 1. The van der Waals surface area contributed by atoms with E-state index in [4.69, 9.17) is 10.00 Å². The van der Waals surface area contributed by atoms with Crippen LogP contribution >= 0.6 is 11.3 Å². The van der Waals surface area contributed by atoms with Crippen molar-refractivity contribution >= 4 is 22.2 Å². The summed E-state index contributed by atoms with van der Waals surface area (Å²) >= 11 is 1.51. The molecule has 1 amide bonds. The van der Waals surface area contributed by atoms with Gasteiger partial charge in [-0.2, -0.15) is 10.5 Å². The molecule has 148 valence electrons. The zero-order chi connectivity index (χ0) is 20.9. The van der Waals surface area contributed by atoms with Gasteiger partial charge in [0, 0.05) is 4.88 Å². The quantitative estimate of drug-likeness (QED) is 0.634. The molecule has 1 aliphatic carbocycles. The van der Waals surface area contributed by atoms with Gasteiger partial charge in [0.15, 0.2) is 6.61 Å². The largest absolute Gasteiger partial charge is 0.484 e. The number of amides is 1. The highest BCUT2D eigenvalue weighted by atomic mass is 32.1. The minimum atomic E-state index is -0.277. The number of fused-ring (bicyclic) bond motifs is 1. The molecule has 6 heteroatoms. The Hall–Kier alpha value is -3.61. The van der Waals surface area contributed by atoms with E-state index in [1.807, 2.05) is 36.4 Å². The fraction of sp³-hybridized carbons (Fsp3) is 0.208. The highest BCUT2D eigenvalue weighted by Gasteiger charge is 2.21. The number of carbonyl (C=O) groups excluding carboxylic acids is 1. The third-order valence-electron chi connectivity index (χ3n) is 5.11. The zero-order valence-corrected chi connectivity index (χ0v) is 17.1. The Bertz CT molecular complexity index is 1150. The topological polar surface area (TPSA) is 85.9 Å². The third-order valence-corrected chi connectivity index (χ3v) is 6.31. The van der Waals surface area contributed by atoms with Gasteiger partial charge in [-0.15, -0.1) is 11.3 Å². The highest BCUT2D eigenvalue weighted by molar-refractivity contribution is 7.16. The van der Waals surface area contributed by atoms with Crippen LogP contribution in [0.5, 0.6) is 5.75 Å². The lowest BCUT2D eigenvalue weighted by Gasteiger charge is -2.09. The van der Waals surface area contributed by atoms with Crippen LogP contribution in [-0.4, -0.2) is 12.5 Å². The van der Waals surface area contributed by atoms with Crippen LogP contribution in [0.15, 0.2) is 48.5 Å². The number of anilines is 1. The highest BCUT2D eigenvalue weighted by Crippen LogP contribution is 2.37. The summed E-state index contributed by atoms with van der Waals surface area (Å²) in [7, 11) is 0. The Kier molecular flexibility index (Phi) is 5.79. The van der Waals surface area contributed by atoms with Crippen LogP contribution in [0.25, 0.3) is 11.1 Å². The van der Waals surface area contributed by atoms with Crippen LogP contribution in [0.4, 0.5) is 5.00 Å². The Morgan fingerprint density at radius 2 is 1.63 bits per heavy atom. The Balaban J connectivity index is 1.37. The molecule has 1 N–H and O–H groups in total. The van der Waals surface area contributed by atoms with Crippen LogP contribution in [0, 0.1) is 22.7 Å². The van der Waals surface area contributed by atoms with Gasteiger partial charge in [0.05, 0.1) is 17.2 Å². The number of benzene rings is 2. The average molecular weight is 414 g/mol. The van der Waals surface area contributed by atoms with E-state index in [-0.39, 0.29) is 12.5 Å². The number of nitrogens with zero attached hydrogens (tertiary/aromatic N) is 2. The summed E-state index contributed by atoms with van der Waals surface area (Å²) < 4.78 is 5.61. The first-order valence-electron chi connectivity index (χ1n) is 9.76. The first-order valence-corrected chi connectivity index (χ1v) is 10.6. The molecule has 30 heavy (non-hydrogen) atoms. The van der Waals surface area contributed by atoms with Gasteiger partial charge in [-0.3, -0.25) is 4.79 Å². The molecular weight excluding hydrogens is 394 g/mol. The molecular formula is C24H19N3O2S. The average Bonchev–Trinajstić information content (AvgIpc) is 3.15. The van der Waals surface area contributed by atoms with Crippen molar-refractivity contribution in [2.45, 2.75) is 25.7 Å². The summed E-state index contributed by atoms with van der Waals surface area (Å²) in [5, 5.41) is 21.9. The molecule has 1 aromatic heterocycles. The predicted octanol–water partition coefficient (Wildman–Crippen LogP) is 5.05. The first kappa shape index (κ1) is 19.7. The summed E-state index contributed by atoms with van der Waals surface area (Å²) in [4.78, 5) is 13.6. The van der Waals surface area contributed by atoms with Crippen LogP contribution in [-0.2, 0) is 17.6 Å². The minimum Gasteiger partial charge on any atom is -0.484 e. The molecule has 0 radical (unpaired) electrons. The lowest BCUT2D eigenvalue weighted by molar-refractivity contribution is -0.118. The number of nitriles is 2. The van der Waals surface area contributed by atoms with Gasteiger partial charge in [-0.05, 0) is 66.6 Å². The monoisotopic (exact) mass is 413 g/mol. The van der Waals surface area contributed by atoms with Gasteiger partial charge in [-0.25, -0.2) is 0 Å². The Labute approximate surface area is 179 Å². The normalized spacial score (nSPS) is 12.3. The summed E-state index contributed by atoms with van der Waals surface area (Å²) in [6.45, 7) is -0.121. The molecule has 0 saturated heterocycles. The maximum atomic E-state index is 12.4. The molecule has 0 unspecified atom stereocenters. The van der Waals surface area contributed by atoms with Crippen molar-refractivity contribution in [3.8, 4) is 29.0 Å². The Morgan fingerprint density at radius 1 is 0.967 bits per heavy atom. The number of aryl methyl sites for hydroxylation is 1. The zero-order valence-electron chi connectivity index (χ0n) is 16.3. The summed E-state index contributed by atoms with van der Waals surface area (Å²) in [6, 6.07) is 19.2. The van der Waals surface area contributed by atoms with Crippen molar-refractivity contribution in [1.29, 1.82) is 10.5 Å². The van der Waals surface area contributed by atoms with E-state index in [9.17, 15) is 10.1 Å². The van der Waals surface area contributed by atoms with E-state index < -0.39 is 0 Å². The Morgan fingerprint density at radius 3 is 2.30 bits per heavy atom. The fourth-order valence-corrected chi connectivity index (χ4v) is 4.82. The predicted molar refractivity (Wildman–Crippen MR) is 116 cm³/mol. The van der Waals surface area contributed by atoms with Crippen molar-refractivity contribution in [3.63, 3.8) is 0 Å². The molecule has 2 aromatic carbocycles. The molecule has 0 atom stereocenters. The fourth-order valence-electron chi connectivity index (χ4n) is 3.56. The summed E-state index contributed by atoms with van der Waals surface area (Å²) in [5.74, 6) is 0.315. The molecule has 4 rings (SSSR count). The van der Waals surface area contributed by atoms with Gasteiger partial charge < -0.3 is 10.1 Å². The molecule has 1 aliphatic rings. The summed E-state index contributed by atoms with van der Waals surface area (Å²) in [5.41, 5.74) is 4.33. The second-order valence-electron chi connectivity index (χ2n) is 7.08. The van der Waals surface area contributed by atoms with Crippen molar-refractivity contribution in [3.05, 3.63) is 70.1 Å². The lowest BCUT2D eigenvalue weighted by Crippen LogP contribution is -2.20. The standard InChI is InChI=1S/C24H19N3O2S/c25-13-16-5-7-17(8-6-16)18-9-11-19(12-10-18)29-15-23(28)27-24-21(14-26)20-3-1-2-4-22(20)30-24/h5-12H,1-4,15H2,(H,27,28). The van der Waals surface area contributed by atoms with E-state index in [1.165, 1.54) is 16.2 Å². The van der Waals surface area contributed by atoms with Gasteiger partial charge >= 0.3 is 0 Å². The molecule has 0 spiro atoms. The smallest absolute Gasteiger partial charge is 0.262 e. The molecule has 0 bridgehead atoms. The van der Waals surface area contributed by atoms with Crippen LogP contribution < -0.4 is 10.1 Å². The maximum Gasteiger partial charge on any atom is 0.262 e. The SMILES string of the molecule is N#Cc1ccc(-c2ccc(OCC(=O)Nc3sc4c(c3C#N)CCCC4)cc2)cc1. The molecule has 3 aromatic rings. The van der Waals surface area contributed by atoms with Gasteiger partial charge in [0.25, 0.3) is 5.91 Å². The van der Waals surface area contributed by atoms with Crippen LogP contribution in [0.2, 0.25) is 0 Å². The molecule has 5 nitrogen and oxygen atoms in total. The van der Waals surface area contributed by atoms with Crippen molar-refractivity contribution in [2.24, 2.45) is 0 Å². The summed E-state index contributed by atoms with van der Waals surface area (Å²) in [6.07, 6.45) is 4.11. The van der Waals surface area contributed by atoms with E-state index in [0.29, 0.717) is 21.9 Å². The second-order valence-corrected chi connectivity index (χ2v) is 8.18. The van der Waals surface area contributed by atoms with Gasteiger partial charge in [0.1, 0.15) is 16.8 Å². The van der Waals surface area contributed by atoms with E-state index >= 15 is 0 Å². The number of hydrogen-bond donors (Lipinski definition) is 1. The number of ether oxygens (including phenoxy) is 1. The molecule has 0 fully saturated rings. The van der Waals surface area contributed by atoms with Crippen molar-refractivity contribution < 1.29 is 9.53 Å². The van der Waals surface area contributed by atoms with Crippen molar-refractivity contribution in [2.75, 3.05) is 11.9 Å². The first-order chi connectivity index (χ1) is 14.7. The van der Waals surface area contributed by atoms with Crippen LogP contribution in [0.3, 0.4) is 0 Å². The second kappa shape index (κ2) is 8.82. The van der Waals surface area contributed by atoms with Crippen LogP contribution in [0.1, 0.15) is 34.4 Å². The molecule has 0 saturated carbocycles. The maximum absolute atomic E-state index is 12.4. The number of hydrogen-bond acceptors (Lipinski definition) is 5. The third kappa shape index (κ3) is 4.20. The van der Waals surface area contributed by atoms with E-state index in [1.54, 1.807) is 12.1 Å². The lowest BCUT2D eigenvalue weighted by atomic mass is 9.96. The van der Waals surface area contributed by atoms with Crippen molar-refractivity contribution in [1.82, 2.24) is 0 Å². The van der Waals surface area contributed by atoms with E-state index in [0.717, 1.165) is 42.4 Å². The number of nitrogens with one attached hydrogen (secondary N) is 1. The number of carbonyl (C=O) groups is 1.